The van der Waals surface area contributed by atoms with E-state index in [4.69, 9.17) is 0 Å². The second-order valence-electron chi connectivity index (χ2n) is 4.59. The first kappa shape index (κ1) is 11.5. The quantitative estimate of drug-likeness (QED) is 0.879. The van der Waals surface area contributed by atoms with Crippen LogP contribution in [-0.2, 0) is 9.84 Å². The van der Waals surface area contributed by atoms with Gasteiger partial charge >= 0.3 is 0 Å². The van der Waals surface area contributed by atoms with Crippen molar-refractivity contribution < 1.29 is 8.42 Å². The topological polar surface area (TPSA) is 76.4 Å². The van der Waals surface area contributed by atoms with Gasteiger partial charge in [-0.1, -0.05) is 6.07 Å². The molecular formula is C11H14N4O2S. The molecule has 2 aromatic rings. The van der Waals surface area contributed by atoms with E-state index < -0.39 is 9.84 Å². The number of pyridine rings is 1. The number of sulfone groups is 1. The maximum absolute atomic E-state index is 11.3. The van der Waals surface area contributed by atoms with E-state index in [1.807, 2.05) is 24.4 Å². The van der Waals surface area contributed by atoms with Crippen LogP contribution in [0.3, 0.4) is 0 Å². The molecule has 3 rings (SSSR count). The smallest absolute Gasteiger partial charge is 0.243 e. The lowest BCUT2D eigenvalue weighted by atomic mass is 10.1. The van der Waals surface area contributed by atoms with Crippen molar-refractivity contribution in [1.29, 1.82) is 0 Å². The summed E-state index contributed by atoms with van der Waals surface area (Å²) < 4.78 is 24.3. The molecule has 0 spiro atoms. The summed E-state index contributed by atoms with van der Waals surface area (Å²) >= 11 is 0. The Bertz CT molecular complexity index is 631. The first-order valence-corrected chi connectivity index (χ1v) is 7.70. The van der Waals surface area contributed by atoms with Crippen molar-refractivity contribution in [2.24, 2.45) is 5.92 Å². The first-order valence-electron chi connectivity index (χ1n) is 5.88. The fourth-order valence-electron chi connectivity index (χ4n) is 2.18. The molecule has 96 valence electrons. The van der Waals surface area contributed by atoms with Crippen molar-refractivity contribution in [2.75, 3.05) is 23.4 Å². The highest BCUT2D eigenvalue weighted by Crippen LogP contribution is 2.18. The maximum Gasteiger partial charge on any atom is 0.243 e. The zero-order valence-electron chi connectivity index (χ0n) is 9.78. The third-order valence-electron chi connectivity index (χ3n) is 3.12. The van der Waals surface area contributed by atoms with E-state index in [1.165, 1.54) is 0 Å². The highest BCUT2D eigenvalue weighted by atomic mass is 32.2. The largest absolute Gasteiger partial charge is 0.353 e. The van der Waals surface area contributed by atoms with Gasteiger partial charge < -0.3 is 5.32 Å². The minimum absolute atomic E-state index is 0.168. The number of anilines is 1. The van der Waals surface area contributed by atoms with E-state index in [0.29, 0.717) is 18.2 Å². The van der Waals surface area contributed by atoms with Crippen molar-refractivity contribution in [3.05, 3.63) is 24.4 Å². The van der Waals surface area contributed by atoms with E-state index in [0.717, 1.165) is 12.1 Å². The van der Waals surface area contributed by atoms with Gasteiger partial charge in [-0.2, -0.15) is 4.98 Å². The summed E-state index contributed by atoms with van der Waals surface area (Å²) in [6.07, 6.45) is 2.55. The summed E-state index contributed by atoms with van der Waals surface area (Å²) in [5.74, 6) is 1.29. The number of rotatable bonds is 3. The summed E-state index contributed by atoms with van der Waals surface area (Å²) in [7, 11) is -2.81. The Balaban J connectivity index is 1.67. The predicted molar refractivity (Wildman–Crippen MR) is 68.2 cm³/mol. The average molecular weight is 266 g/mol. The molecule has 18 heavy (non-hydrogen) atoms. The Morgan fingerprint density at radius 3 is 3.06 bits per heavy atom. The fraction of sp³-hybridized carbons (Fsp3) is 0.455. The summed E-state index contributed by atoms with van der Waals surface area (Å²) in [6, 6.07) is 5.66. The van der Waals surface area contributed by atoms with Crippen molar-refractivity contribution >= 4 is 21.4 Å². The number of hydrogen-bond acceptors (Lipinski definition) is 5. The molecule has 1 aliphatic rings. The maximum atomic E-state index is 11.3. The third kappa shape index (κ3) is 2.31. The second-order valence-corrected chi connectivity index (χ2v) is 6.82. The summed E-state index contributed by atoms with van der Waals surface area (Å²) in [5.41, 5.74) is 0.777. The molecule has 1 N–H and O–H groups in total. The van der Waals surface area contributed by atoms with Gasteiger partial charge in [0.25, 0.3) is 0 Å². The zero-order valence-corrected chi connectivity index (χ0v) is 10.6. The molecule has 2 aromatic heterocycles. The van der Waals surface area contributed by atoms with Crippen molar-refractivity contribution in [2.45, 2.75) is 6.42 Å². The lowest BCUT2D eigenvalue weighted by Crippen LogP contribution is -2.16. The molecule has 6 nitrogen and oxygen atoms in total. The van der Waals surface area contributed by atoms with Crippen LogP contribution in [0.25, 0.3) is 5.65 Å². The molecule has 1 aliphatic heterocycles. The van der Waals surface area contributed by atoms with Crippen LogP contribution in [0.1, 0.15) is 6.42 Å². The molecule has 3 heterocycles. The van der Waals surface area contributed by atoms with Gasteiger partial charge in [0, 0.05) is 12.7 Å². The van der Waals surface area contributed by atoms with Crippen molar-refractivity contribution in [1.82, 2.24) is 14.6 Å². The first-order chi connectivity index (χ1) is 8.62. The van der Waals surface area contributed by atoms with Gasteiger partial charge in [-0.25, -0.2) is 12.9 Å². The molecule has 1 unspecified atom stereocenters. The molecule has 0 bridgehead atoms. The normalized spacial score (nSPS) is 22.3. The van der Waals surface area contributed by atoms with Crippen molar-refractivity contribution in [3.63, 3.8) is 0 Å². The van der Waals surface area contributed by atoms with Crippen LogP contribution in [0.2, 0.25) is 0 Å². The number of aromatic nitrogens is 3. The van der Waals surface area contributed by atoms with Gasteiger partial charge in [0.15, 0.2) is 15.5 Å². The minimum Gasteiger partial charge on any atom is -0.353 e. The lowest BCUT2D eigenvalue weighted by Gasteiger charge is -2.06. The lowest BCUT2D eigenvalue weighted by molar-refractivity contribution is 0.595. The molecule has 0 saturated carbocycles. The van der Waals surface area contributed by atoms with Crippen LogP contribution in [0.4, 0.5) is 5.95 Å². The van der Waals surface area contributed by atoms with Gasteiger partial charge in [-0.3, -0.25) is 0 Å². The highest BCUT2D eigenvalue weighted by Gasteiger charge is 2.27. The third-order valence-corrected chi connectivity index (χ3v) is 4.95. The monoisotopic (exact) mass is 266 g/mol. The molecule has 0 aliphatic carbocycles. The van der Waals surface area contributed by atoms with Gasteiger partial charge in [-0.05, 0) is 24.5 Å². The molecule has 0 aromatic carbocycles. The summed E-state index contributed by atoms with van der Waals surface area (Å²) in [6.45, 7) is 0.607. The van der Waals surface area contributed by atoms with Crippen LogP contribution in [-0.4, -0.2) is 41.1 Å². The molecule has 0 amide bonds. The molecule has 1 fully saturated rings. The van der Waals surface area contributed by atoms with Crippen LogP contribution >= 0.6 is 0 Å². The molecule has 7 heteroatoms. The molecule has 0 radical (unpaired) electrons. The number of nitrogens with zero attached hydrogens (tertiary/aromatic N) is 3. The van der Waals surface area contributed by atoms with E-state index >= 15 is 0 Å². The van der Waals surface area contributed by atoms with E-state index in [-0.39, 0.29) is 11.7 Å². The number of hydrogen-bond donors (Lipinski definition) is 1. The van der Waals surface area contributed by atoms with Gasteiger partial charge in [0.1, 0.15) is 0 Å². The van der Waals surface area contributed by atoms with Gasteiger partial charge in [0.2, 0.25) is 5.95 Å². The summed E-state index contributed by atoms with van der Waals surface area (Å²) in [4.78, 5) is 4.30. The van der Waals surface area contributed by atoms with Gasteiger partial charge in [0.05, 0.1) is 11.5 Å². The van der Waals surface area contributed by atoms with Crippen LogP contribution in [0.15, 0.2) is 24.4 Å². The Kier molecular flexibility index (Phi) is 2.70. The van der Waals surface area contributed by atoms with E-state index in [9.17, 15) is 8.42 Å². The predicted octanol–water partition coefficient (Wildman–Crippen LogP) is 0.576. The number of fused-ring (bicyclic) bond motifs is 1. The van der Waals surface area contributed by atoms with Crippen LogP contribution in [0, 0.1) is 5.92 Å². The SMILES string of the molecule is O=S1(=O)CCC(CNc2nc3ccccn3n2)C1. The summed E-state index contributed by atoms with van der Waals surface area (Å²) in [5, 5.41) is 7.36. The van der Waals surface area contributed by atoms with E-state index in [1.54, 1.807) is 4.52 Å². The van der Waals surface area contributed by atoms with E-state index in [2.05, 4.69) is 15.4 Å². The minimum atomic E-state index is -2.81. The van der Waals surface area contributed by atoms with Gasteiger partial charge in [-0.15, -0.1) is 5.10 Å². The second kappa shape index (κ2) is 4.24. The Hall–Kier alpha value is -1.63. The molecule has 1 saturated heterocycles. The Morgan fingerprint density at radius 2 is 2.33 bits per heavy atom. The number of nitrogens with one attached hydrogen (secondary N) is 1. The molecular weight excluding hydrogens is 252 g/mol. The fourth-order valence-corrected chi connectivity index (χ4v) is 4.04. The van der Waals surface area contributed by atoms with Crippen LogP contribution in [0.5, 0.6) is 0 Å². The van der Waals surface area contributed by atoms with Crippen molar-refractivity contribution in [3.8, 4) is 0 Å². The standard InChI is InChI=1S/C11H14N4O2S/c16-18(17)6-4-9(8-18)7-12-11-13-10-3-1-2-5-15(10)14-11/h1-3,5,9H,4,6-8H2,(H,12,14). The Labute approximate surface area is 105 Å². The van der Waals surface area contributed by atoms with Crippen LogP contribution < -0.4 is 5.32 Å². The average Bonchev–Trinajstić information content (AvgIpc) is 2.89. The zero-order chi connectivity index (χ0) is 12.6. The highest BCUT2D eigenvalue weighted by molar-refractivity contribution is 7.91. The Morgan fingerprint density at radius 1 is 1.44 bits per heavy atom. The molecule has 1 atom stereocenters.